The van der Waals surface area contributed by atoms with Crippen molar-refractivity contribution in [3.8, 4) is 0 Å². The summed E-state index contributed by atoms with van der Waals surface area (Å²) in [5.74, 6) is 0.0101. The van der Waals surface area contributed by atoms with Gasteiger partial charge < -0.3 is 5.11 Å². The van der Waals surface area contributed by atoms with Crippen molar-refractivity contribution in [2.45, 2.75) is 26.9 Å². The number of ketones is 1. The Morgan fingerprint density at radius 3 is 2.11 bits per heavy atom. The van der Waals surface area contributed by atoms with Crippen LogP contribution in [0.15, 0.2) is 11.6 Å². The van der Waals surface area contributed by atoms with Crippen LogP contribution in [0.5, 0.6) is 0 Å². The van der Waals surface area contributed by atoms with E-state index in [1.165, 1.54) is 13.0 Å². The maximum atomic E-state index is 10.5. The summed E-state index contributed by atoms with van der Waals surface area (Å²) < 4.78 is 0. The lowest BCUT2D eigenvalue weighted by Gasteiger charge is -1.96. The van der Waals surface area contributed by atoms with E-state index in [4.69, 9.17) is 5.11 Å². The summed E-state index contributed by atoms with van der Waals surface area (Å²) in [6.07, 6.45) is 1.01. The fourth-order valence-corrected chi connectivity index (χ4v) is 0.479. The highest BCUT2D eigenvalue weighted by atomic mass is 16.3. The Morgan fingerprint density at radius 2 is 2.00 bits per heavy atom. The molecule has 1 N–H and O–H groups in total. The molecule has 0 aliphatic carbocycles. The fourth-order valence-electron chi connectivity index (χ4n) is 0.479. The van der Waals surface area contributed by atoms with Crippen LogP contribution in [0.4, 0.5) is 0 Å². The van der Waals surface area contributed by atoms with Crippen LogP contribution in [-0.4, -0.2) is 17.0 Å². The SMILES string of the molecule is CC(=O)/C(C)=C/C(C)O. The van der Waals surface area contributed by atoms with Crippen molar-refractivity contribution in [1.82, 2.24) is 0 Å². The lowest BCUT2D eigenvalue weighted by atomic mass is 10.2. The quantitative estimate of drug-likeness (QED) is 0.561. The number of hydrogen-bond acceptors (Lipinski definition) is 2. The molecule has 0 aromatic carbocycles. The van der Waals surface area contributed by atoms with Gasteiger partial charge in [-0.3, -0.25) is 4.79 Å². The molecule has 52 valence electrons. The van der Waals surface area contributed by atoms with E-state index < -0.39 is 6.10 Å². The molecule has 2 nitrogen and oxygen atoms in total. The van der Waals surface area contributed by atoms with Crippen molar-refractivity contribution in [1.29, 1.82) is 0 Å². The van der Waals surface area contributed by atoms with Gasteiger partial charge in [0.25, 0.3) is 0 Å². The fraction of sp³-hybridized carbons (Fsp3) is 0.571. The van der Waals surface area contributed by atoms with Gasteiger partial charge in [0.05, 0.1) is 6.10 Å². The van der Waals surface area contributed by atoms with E-state index in [-0.39, 0.29) is 5.78 Å². The van der Waals surface area contributed by atoms with Crippen molar-refractivity contribution in [3.05, 3.63) is 11.6 Å². The van der Waals surface area contributed by atoms with Crippen LogP contribution in [0.3, 0.4) is 0 Å². The summed E-state index contributed by atoms with van der Waals surface area (Å²) in [5.41, 5.74) is 0.616. The molecule has 0 fully saturated rings. The van der Waals surface area contributed by atoms with Crippen LogP contribution in [0.2, 0.25) is 0 Å². The zero-order valence-electron chi connectivity index (χ0n) is 6.01. The van der Waals surface area contributed by atoms with Crippen LogP contribution in [0.25, 0.3) is 0 Å². The number of hydrogen-bond donors (Lipinski definition) is 1. The summed E-state index contributed by atoms with van der Waals surface area (Å²) in [6, 6.07) is 0. The number of aliphatic hydroxyl groups is 1. The van der Waals surface area contributed by atoms with Gasteiger partial charge in [-0.05, 0) is 26.3 Å². The monoisotopic (exact) mass is 128 g/mol. The summed E-state index contributed by atoms with van der Waals surface area (Å²) in [5, 5.41) is 8.74. The highest BCUT2D eigenvalue weighted by Crippen LogP contribution is 1.95. The molecule has 0 bridgehead atoms. The van der Waals surface area contributed by atoms with Gasteiger partial charge in [-0.25, -0.2) is 0 Å². The molecule has 0 aliphatic heterocycles. The first-order chi connectivity index (χ1) is 4.04. The van der Waals surface area contributed by atoms with Crippen molar-refractivity contribution < 1.29 is 9.90 Å². The molecule has 0 saturated carbocycles. The largest absolute Gasteiger partial charge is 0.389 e. The van der Waals surface area contributed by atoms with Gasteiger partial charge in [-0.2, -0.15) is 0 Å². The Hall–Kier alpha value is -0.630. The van der Waals surface area contributed by atoms with Crippen LogP contribution in [0.1, 0.15) is 20.8 Å². The summed E-state index contributed by atoms with van der Waals surface area (Å²) in [7, 11) is 0. The van der Waals surface area contributed by atoms with Crippen molar-refractivity contribution in [3.63, 3.8) is 0 Å². The van der Waals surface area contributed by atoms with E-state index >= 15 is 0 Å². The number of aliphatic hydroxyl groups excluding tert-OH is 1. The third-order valence-corrected chi connectivity index (χ3v) is 1.05. The van der Waals surface area contributed by atoms with Gasteiger partial charge in [0.15, 0.2) is 5.78 Å². The summed E-state index contributed by atoms with van der Waals surface area (Å²) in [6.45, 7) is 4.79. The highest BCUT2D eigenvalue weighted by Gasteiger charge is 1.96. The van der Waals surface area contributed by atoms with E-state index in [0.29, 0.717) is 5.57 Å². The molecule has 0 radical (unpaired) electrons. The zero-order chi connectivity index (χ0) is 7.44. The average Bonchev–Trinajstić information content (AvgIpc) is 1.63. The Labute approximate surface area is 55.2 Å². The normalized spacial score (nSPS) is 15.3. The minimum atomic E-state index is -0.520. The number of allylic oxidation sites excluding steroid dienone is 1. The van der Waals surface area contributed by atoms with Gasteiger partial charge in [-0.1, -0.05) is 6.08 Å². The molecule has 0 spiro atoms. The van der Waals surface area contributed by atoms with Crippen LogP contribution in [-0.2, 0) is 4.79 Å². The van der Waals surface area contributed by atoms with E-state index in [2.05, 4.69) is 0 Å². The predicted octanol–water partition coefficient (Wildman–Crippen LogP) is 0.902. The predicted molar refractivity (Wildman–Crippen MR) is 36.1 cm³/mol. The van der Waals surface area contributed by atoms with Crippen molar-refractivity contribution in [2.24, 2.45) is 0 Å². The Kier molecular flexibility index (Phi) is 3.17. The minimum absolute atomic E-state index is 0.0101. The summed E-state index contributed by atoms with van der Waals surface area (Å²) in [4.78, 5) is 10.5. The molecule has 9 heavy (non-hydrogen) atoms. The number of carbonyl (C=O) groups is 1. The second-order valence-corrected chi connectivity index (χ2v) is 2.15. The Morgan fingerprint density at radius 1 is 1.56 bits per heavy atom. The number of Topliss-reactive ketones (excluding diaryl/α,β-unsaturated/α-hetero) is 1. The van der Waals surface area contributed by atoms with Gasteiger partial charge in [0, 0.05) is 0 Å². The van der Waals surface area contributed by atoms with Crippen molar-refractivity contribution in [2.75, 3.05) is 0 Å². The molecule has 0 heterocycles. The number of rotatable bonds is 2. The van der Waals surface area contributed by atoms with Gasteiger partial charge in [0.2, 0.25) is 0 Å². The van der Waals surface area contributed by atoms with E-state index in [1.807, 2.05) is 0 Å². The second-order valence-electron chi connectivity index (χ2n) is 2.15. The third kappa shape index (κ3) is 3.91. The lowest BCUT2D eigenvalue weighted by molar-refractivity contribution is -0.113. The molecular formula is C7H12O2. The maximum absolute atomic E-state index is 10.5. The lowest BCUT2D eigenvalue weighted by Crippen LogP contribution is -1.99. The van der Waals surface area contributed by atoms with Gasteiger partial charge in [0.1, 0.15) is 0 Å². The molecule has 1 unspecified atom stereocenters. The number of carbonyl (C=O) groups excluding carboxylic acids is 1. The van der Waals surface area contributed by atoms with Crippen LogP contribution < -0.4 is 0 Å². The maximum Gasteiger partial charge on any atom is 0.155 e. The molecule has 2 heteroatoms. The van der Waals surface area contributed by atoms with E-state index in [1.54, 1.807) is 13.8 Å². The molecular weight excluding hydrogens is 116 g/mol. The summed E-state index contributed by atoms with van der Waals surface area (Å²) >= 11 is 0. The minimum Gasteiger partial charge on any atom is -0.389 e. The molecule has 0 aromatic heterocycles. The molecule has 0 aromatic rings. The zero-order valence-corrected chi connectivity index (χ0v) is 6.01. The third-order valence-electron chi connectivity index (χ3n) is 1.05. The topological polar surface area (TPSA) is 37.3 Å². The molecule has 0 amide bonds. The first-order valence-corrected chi connectivity index (χ1v) is 2.91. The average molecular weight is 128 g/mol. The smallest absolute Gasteiger partial charge is 0.155 e. The first-order valence-electron chi connectivity index (χ1n) is 2.91. The molecule has 0 saturated heterocycles. The van der Waals surface area contributed by atoms with Crippen LogP contribution in [0, 0.1) is 0 Å². The van der Waals surface area contributed by atoms with Crippen LogP contribution >= 0.6 is 0 Å². The second kappa shape index (κ2) is 3.41. The first kappa shape index (κ1) is 8.37. The molecule has 0 rings (SSSR count). The highest BCUT2D eigenvalue weighted by molar-refractivity contribution is 5.92. The van der Waals surface area contributed by atoms with Gasteiger partial charge in [-0.15, -0.1) is 0 Å². The molecule has 1 atom stereocenters. The molecule has 0 aliphatic rings. The standard InChI is InChI=1S/C7H12O2/c1-5(7(3)9)4-6(2)8/h4,6,8H,1-3H3/b5-4+. The van der Waals surface area contributed by atoms with Gasteiger partial charge >= 0.3 is 0 Å². The van der Waals surface area contributed by atoms with Crippen molar-refractivity contribution >= 4 is 5.78 Å². The Balaban J connectivity index is 4.00. The van der Waals surface area contributed by atoms with E-state index in [9.17, 15) is 4.79 Å². The Bertz CT molecular complexity index is 134. The van der Waals surface area contributed by atoms with E-state index in [0.717, 1.165) is 0 Å².